The maximum Gasteiger partial charge on any atom is 0.250 e. The lowest BCUT2D eigenvalue weighted by molar-refractivity contribution is 0.220. The topological polar surface area (TPSA) is 127 Å². The molecule has 2 aliphatic heterocycles. The maximum atomic E-state index is 11.2. The molecule has 192 valence electrons. The fourth-order valence-corrected chi connectivity index (χ4v) is 5.20. The van der Waals surface area contributed by atoms with E-state index in [0.29, 0.717) is 5.95 Å². The van der Waals surface area contributed by atoms with Crippen LogP contribution in [0.3, 0.4) is 0 Å². The molecule has 0 radical (unpaired) electrons. The molecule has 4 aromatic rings. The van der Waals surface area contributed by atoms with Gasteiger partial charge in [-0.05, 0) is 61.7 Å². The first kappa shape index (κ1) is 23.4. The summed E-state index contributed by atoms with van der Waals surface area (Å²) >= 11 is 0. The maximum absolute atomic E-state index is 11.2. The minimum Gasteiger partial charge on any atom is -0.370 e. The molecule has 12 nitrogen and oxygen atoms in total. The molecule has 0 aliphatic carbocycles. The van der Waals surface area contributed by atoms with E-state index in [1.165, 1.54) is 0 Å². The molecule has 1 fully saturated rings. The van der Waals surface area contributed by atoms with Crippen molar-refractivity contribution in [2.45, 2.75) is 26.1 Å². The second kappa shape index (κ2) is 9.12. The van der Waals surface area contributed by atoms with Crippen LogP contribution >= 0.6 is 0 Å². The van der Waals surface area contributed by atoms with Crippen LogP contribution in [-0.2, 0) is 0 Å². The third-order valence-electron chi connectivity index (χ3n) is 7.52. The molecule has 2 aliphatic rings. The number of nitrogens with zero attached hydrogens (tertiary/aromatic N) is 9. The molecular formula is C25H31N11O. The number of benzene rings is 1. The van der Waals surface area contributed by atoms with Gasteiger partial charge in [-0.1, -0.05) is 5.10 Å². The monoisotopic (exact) mass is 501 g/mol. The number of nitrogens with one attached hydrogen (secondary N) is 2. The molecule has 0 amide bonds. The van der Waals surface area contributed by atoms with E-state index in [1.807, 2.05) is 56.3 Å². The highest BCUT2D eigenvalue weighted by atomic mass is 16.3. The Hall–Kier alpha value is -4.03. The molecule has 1 unspecified atom stereocenters. The molecule has 0 saturated carbocycles. The molecule has 37 heavy (non-hydrogen) atoms. The normalized spacial score (nSPS) is 19.4. The van der Waals surface area contributed by atoms with Crippen LogP contribution < -0.4 is 15.1 Å². The van der Waals surface area contributed by atoms with E-state index in [9.17, 15) is 5.11 Å². The van der Waals surface area contributed by atoms with E-state index in [2.05, 4.69) is 58.9 Å². The number of tetrazole rings is 1. The van der Waals surface area contributed by atoms with Crippen LogP contribution in [0.1, 0.15) is 19.9 Å². The zero-order valence-corrected chi connectivity index (χ0v) is 21.4. The summed E-state index contributed by atoms with van der Waals surface area (Å²) in [6, 6.07) is 9.82. The number of H-pyrrole nitrogens is 1. The first-order valence-corrected chi connectivity index (χ1v) is 12.5. The number of pyridine rings is 1. The Balaban J connectivity index is 1.28. The van der Waals surface area contributed by atoms with Crippen LogP contribution in [0.25, 0.3) is 22.2 Å². The summed E-state index contributed by atoms with van der Waals surface area (Å²) in [7, 11) is 4.04. The van der Waals surface area contributed by atoms with Gasteiger partial charge in [-0.2, -0.15) is 5.10 Å². The third kappa shape index (κ3) is 4.07. The van der Waals surface area contributed by atoms with Gasteiger partial charge in [-0.25, -0.2) is 9.67 Å². The third-order valence-corrected chi connectivity index (χ3v) is 7.52. The van der Waals surface area contributed by atoms with Gasteiger partial charge >= 0.3 is 0 Å². The van der Waals surface area contributed by atoms with Gasteiger partial charge in [0, 0.05) is 67.3 Å². The average molecular weight is 502 g/mol. The molecule has 0 bridgehead atoms. The molecule has 1 aromatic carbocycles. The van der Waals surface area contributed by atoms with Crippen molar-refractivity contribution >= 4 is 28.4 Å². The van der Waals surface area contributed by atoms with E-state index in [4.69, 9.17) is 0 Å². The number of anilines is 3. The lowest BCUT2D eigenvalue weighted by atomic mass is 10.0. The summed E-state index contributed by atoms with van der Waals surface area (Å²) in [6.45, 7) is 7.90. The van der Waals surface area contributed by atoms with Gasteiger partial charge in [0.05, 0.1) is 11.6 Å². The SMILES string of the molecule is CC1=C(C(O)Nc2ccc3[nH]nc(-c4ccnc(N5CCN(C)CC5)c4)c3c2)[C@H](C)n2nnnc2N1C. The number of piperazine rings is 1. The highest BCUT2D eigenvalue weighted by Gasteiger charge is 2.32. The van der Waals surface area contributed by atoms with Crippen LogP contribution in [0.5, 0.6) is 0 Å². The van der Waals surface area contributed by atoms with Crippen molar-refractivity contribution in [3.05, 3.63) is 47.8 Å². The number of fused-ring (bicyclic) bond motifs is 2. The number of aliphatic hydroxyl groups excluding tert-OH is 1. The van der Waals surface area contributed by atoms with E-state index in [0.717, 1.165) is 71.1 Å². The Bertz CT molecular complexity index is 1470. The van der Waals surface area contributed by atoms with Gasteiger partial charge in [0.15, 0.2) is 6.23 Å². The summed E-state index contributed by atoms with van der Waals surface area (Å²) in [5, 5.41) is 35.2. The number of hydrogen-bond donors (Lipinski definition) is 3. The van der Waals surface area contributed by atoms with Crippen molar-refractivity contribution in [1.82, 2.24) is 40.3 Å². The Morgan fingerprint density at radius 3 is 2.73 bits per heavy atom. The number of aromatic amines is 1. The highest BCUT2D eigenvalue weighted by molar-refractivity contribution is 5.95. The summed E-state index contributed by atoms with van der Waals surface area (Å²) in [4.78, 5) is 11.2. The Kier molecular flexibility index (Phi) is 5.76. The highest BCUT2D eigenvalue weighted by Crippen LogP contribution is 2.35. The van der Waals surface area contributed by atoms with Crippen molar-refractivity contribution in [2.75, 3.05) is 55.4 Å². The standard InChI is InChI=1S/C25H31N11O/c1-15-22(16(2)36-25(34(15)4)30-31-32-36)24(37)27-18-5-6-20-19(14-18)23(29-28-20)17-7-8-26-21(13-17)35-11-9-33(3)10-12-35/h5-8,13-14,16,24,27,37H,9-12H2,1-4H3,(H,28,29)/t16-,24?/m0/s1. The smallest absolute Gasteiger partial charge is 0.250 e. The number of hydrogen-bond acceptors (Lipinski definition) is 10. The van der Waals surface area contributed by atoms with E-state index < -0.39 is 6.23 Å². The summed E-state index contributed by atoms with van der Waals surface area (Å²) in [5.74, 6) is 1.62. The van der Waals surface area contributed by atoms with Crippen molar-refractivity contribution in [3.63, 3.8) is 0 Å². The Morgan fingerprint density at radius 2 is 1.92 bits per heavy atom. The minimum absolute atomic E-state index is 0.193. The zero-order valence-electron chi connectivity index (χ0n) is 21.4. The molecule has 6 rings (SSSR count). The molecule has 1 saturated heterocycles. The number of rotatable bonds is 5. The Morgan fingerprint density at radius 1 is 1.11 bits per heavy atom. The Labute approximate surface area is 214 Å². The van der Waals surface area contributed by atoms with Gasteiger partial charge in [0.25, 0.3) is 0 Å². The van der Waals surface area contributed by atoms with Crippen molar-refractivity contribution in [2.24, 2.45) is 0 Å². The largest absolute Gasteiger partial charge is 0.370 e. The van der Waals surface area contributed by atoms with E-state index in [-0.39, 0.29) is 6.04 Å². The van der Waals surface area contributed by atoms with Gasteiger partial charge in [0.1, 0.15) is 11.5 Å². The zero-order chi connectivity index (χ0) is 25.7. The fourth-order valence-electron chi connectivity index (χ4n) is 5.20. The lowest BCUT2D eigenvalue weighted by Gasteiger charge is -2.34. The van der Waals surface area contributed by atoms with Gasteiger partial charge in [0.2, 0.25) is 5.95 Å². The molecule has 3 N–H and O–H groups in total. The van der Waals surface area contributed by atoms with Crippen LogP contribution in [0.4, 0.5) is 17.5 Å². The van der Waals surface area contributed by atoms with Crippen LogP contribution in [-0.4, -0.2) is 91.9 Å². The molecule has 0 spiro atoms. The average Bonchev–Trinajstić information content (AvgIpc) is 3.56. The molecule has 12 heteroatoms. The predicted octanol–water partition coefficient (Wildman–Crippen LogP) is 2.08. The van der Waals surface area contributed by atoms with Gasteiger partial charge in [-0.3, -0.25) is 5.10 Å². The quantitative estimate of drug-likeness (QED) is 0.350. The molecule has 3 aromatic heterocycles. The first-order valence-electron chi connectivity index (χ1n) is 12.5. The van der Waals surface area contributed by atoms with Gasteiger partial charge < -0.3 is 25.1 Å². The number of allylic oxidation sites excluding steroid dienone is 1. The van der Waals surface area contributed by atoms with E-state index in [1.54, 1.807) is 4.68 Å². The van der Waals surface area contributed by atoms with Crippen molar-refractivity contribution < 1.29 is 5.11 Å². The second-order valence-corrected chi connectivity index (χ2v) is 9.77. The van der Waals surface area contributed by atoms with E-state index >= 15 is 0 Å². The predicted molar refractivity (Wildman–Crippen MR) is 142 cm³/mol. The number of likely N-dealkylation sites (N-methyl/N-ethyl adjacent to an activating group) is 1. The lowest BCUT2D eigenvalue weighted by Crippen LogP contribution is -2.44. The minimum atomic E-state index is -0.924. The first-order chi connectivity index (χ1) is 17.9. The summed E-state index contributed by atoms with van der Waals surface area (Å²) in [5.41, 5.74) is 5.28. The molecule has 5 heterocycles. The van der Waals surface area contributed by atoms with Crippen LogP contribution in [0.2, 0.25) is 0 Å². The molecule has 2 atom stereocenters. The summed E-state index contributed by atoms with van der Waals surface area (Å²) < 4.78 is 1.71. The number of aliphatic hydroxyl groups is 1. The van der Waals surface area contributed by atoms with Crippen molar-refractivity contribution in [1.29, 1.82) is 0 Å². The second-order valence-electron chi connectivity index (χ2n) is 9.77. The van der Waals surface area contributed by atoms with Crippen LogP contribution in [0.15, 0.2) is 47.8 Å². The van der Waals surface area contributed by atoms with Crippen molar-refractivity contribution in [3.8, 4) is 11.3 Å². The van der Waals surface area contributed by atoms with Crippen LogP contribution in [0, 0.1) is 0 Å². The summed E-state index contributed by atoms with van der Waals surface area (Å²) in [6.07, 6.45) is 0.922. The molecular weight excluding hydrogens is 470 g/mol. The number of aromatic nitrogens is 7. The van der Waals surface area contributed by atoms with Gasteiger partial charge in [-0.15, -0.1) is 0 Å². The fraction of sp³-hybridized carbons (Fsp3) is 0.400.